The molecule has 1 aromatic heterocycles. The Hall–Kier alpha value is -2.10. The second-order valence-electron chi connectivity index (χ2n) is 3.71. The maximum Gasteiger partial charge on any atom is 0.233 e. The summed E-state index contributed by atoms with van der Waals surface area (Å²) < 4.78 is 0. The zero-order valence-corrected chi connectivity index (χ0v) is 12.0. The van der Waals surface area contributed by atoms with Gasteiger partial charge in [0.1, 0.15) is 6.07 Å². The Bertz CT molecular complexity index is 667. The summed E-state index contributed by atoms with van der Waals surface area (Å²) in [7, 11) is 0. The van der Waals surface area contributed by atoms with Gasteiger partial charge in [-0.05, 0) is 36.7 Å². The van der Waals surface area contributed by atoms with Crippen LogP contribution >= 0.6 is 23.2 Å². The summed E-state index contributed by atoms with van der Waals surface area (Å²) in [6.07, 6.45) is 0. The number of anilines is 3. The van der Waals surface area contributed by atoms with Crippen molar-refractivity contribution in [3.8, 4) is 6.07 Å². The Balaban J connectivity index is 2.35. The number of hydrogen-bond acceptors (Lipinski definition) is 6. The van der Waals surface area contributed by atoms with E-state index in [-0.39, 0.29) is 11.2 Å². The summed E-state index contributed by atoms with van der Waals surface area (Å²) >= 11 is 11.7. The molecule has 0 radical (unpaired) electrons. The molecule has 2 N–H and O–H groups in total. The molecule has 0 saturated heterocycles. The van der Waals surface area contributed by atoms with Crippen molar-refractivity contribution in [3.63, 3.8) is 0 Å². The molecular formula is C12H10Cl2N6. The van der Waals surface area contributed by atoms with E-state index in [1.165, 1.54) is 0 Å². The van der Waals surface area contributed by atoms with E-state index in [1.54, 1.807) is 18.2 Å². The zero-order chi connectivity index (χ0) is 14.5. The molecule has 0 aliphatic carbocycles. The molecule has 0 saturated carbocycles. The average molecular weight is 309 g/mol. The predicted molar refractivity (Wildman–Crippen MR) is 78.5 cm³/mol. The maximum atomic E-state index is 9.06. The van der Waals surface area contributed by atoms with Crippen LogP contribution in [-0.2, 0) is 0 Å². The minimum Gasteiger partial charge on any atom is -0.354 e. The Labute approximate surface area is 125 Å². The molecule has 0 unspecified atom stereocenters. The topological polar surface area (TPSA) is 86.5 Å². The van der Waals surface area contributed by atoms with Crippen molar-refractivity contribution in [2.45, 2.75) is 6.92 Å². The first-order valence-corrected chi connectivity index (χ1v) is 6.50. The molecule has 102 valence electrons. The van der Waals surface area contributed by atoms with E-state index in [4.69, 9.17) is 28.5 Å². The van der Waals surface area contributed by atoms with E-state index >= 15 is 0 Å². The summed E-state index contributed by atoms with van der Waals surface area (Å²) in [5.74, 6) is 0.593. The maximum absolute atomic E-state index is 9.06. The second kappa shape index (κ2) is 6.37. The number of halogens is 2. The van der Waals surface area contributed by atoms with Crippen LogP contribution in [0.4, 0.5) is 17.6 Å². The van der Waals surface area contributed by atoms with Crippen molar-refractivity contribution in [1.82, 2.24) is 15.0 Å². The van der Waals surface area contributed by atoms with E-state index in [0.717, 1.165) is 0 Å². The quantitative estimate of drug-likeness (QED) is 0.901. The zero-order valence-electron chi connectivity index (χ0n) is 10.5. The standard InChI is InChI=1S/C12H10Cl2N6/c1-2-16-11-18-10(14)19-12(20-11)17-9-5-8(13)4-3-7(9)6-15/h3-5H,2H2,1H3,(H2,16,17,18,19,20). The molecule has 0 bridgehead atoms. The van der Waals surface area contributed by atoms with Gasteiger partial charge in [0.05, 0.1) is 11.3 Å². The fourth-order valence-corrected chi connectivity index (χ4v) is 1.81. The van der Waals surface area contributed by atoms with Gasteiger partial charge in [0.15, 0.2) is 0 Å². The summed E-state index contributed by atoms with van der Waals surface area (Å²) in [5, 5.41) is 15.5. The van der Waals surface area contributed by atoms with Crippen LogP contribution in [0.5, 0.6) is 0 Å². The first-order valence-electron chi connectivity index (χ1n) is 5.74. The third-order valence-corrected chi connectivity index (χ3v) is 2.70. The van der Waals surface area contributed by atoms with Gasteiger partial charge in [-0.25, -0.2) is 0 Å². The highest BCUT2D eigenvalue weighted by molar-refractivity contribution is 6.31. The molecule has 0 fully saturated rings. The lowest BCUT2D eigenvalue weighted by molar-refractivity contribution is 1.02. The number of benzene rings is 1. The highest BCUT2D eigenvalue weighted by atomic mass is 35.5. The number of nitrogens with one attached hydrogen (secondary N) is 2. The van der Waals surface area contributed by atoms with Gasteiger partial charge in [-0.1, -0.05) is 11.6 Å². The minimum absolute atomic E-state index is 0.0546. The first kappa shape index (κ1) is 14.3. The SMILES string of the molecule is CCNc1nc(Cl)nc(Nc2cc(Cl)ccc2C#N)n1. The Morgan fingerprint density at radius 3 is 2.65 bits per heavy atom. The van der Waals surface area contributed by atoms with Crippen molar-refractivity contribution >= 4 is 40.8 Å². The fourth-order valence-electron chi connectivity index (χ4n) is 1.48. The molecule has 1 heterocycles. The molecule has 2 aromatic rings. The summed E-state index contributed by atoms with van der Waals surface area (Å²) in [4.78, 5) is 12.0. The molecular weight excluding hydrogens is 299 g/mol. The Morgan fingerprint density at radius 2 is 1.95 bits per heavy atom. The van der Waals surface area contributed by atoms with Crippen molar-refractivity contribution in [2.24, 2.45) is 0 Å². The lowest BCUT2D eigenvalue weighted by Crippen LogP contribution is -2.07. The Kier molecular flexibility index (Phi) is 4.56. The van der Waals surface area contributed by atoms with Crippen molar-refractivity contribution in [1.29, 1.82) is 5.26 Å². The van der Waals surface area contributed by atoms with Gasteiger partial charge in [0, 0.05) is 11.6 Å². The van der Waals surface area contributed by atoms with Gasteiger partial charge in [-0.3, -0.25) is 0 Å². The molecule has 0 atom stereocenters. The van der Waals surface area contributed by atoms with Crippen LogP contribution in [0, 0.1) is 11.3 Å². The van der Waals surface area contributed by atoms with Crippen LogP contribution in [0.15, 0.2) is 18.2 Å². The van der Waals surface area contributed by atoms with E-state index in [0.29, 0.717) is 28.8 Å². The lowest BCUT2D eigenvalue weighted by atomic mass is 10.2. The molecule has 0 spiro atoms. The molecule has 8 heteroatoms. The van der Waals surface area contributed by atoms with Gasteiger partial charge in [0.2, 0.25) is 17.2 Å². The number of aromatic nitrogens is 3. The van der Waals surface area contributed by atoms with E-state index in [2.05, 4.69) is 31.7 Å². The monoisotopic (exact) mass is 308 g/mol. The van der Waals surface area contributed by atoms with Crippen LogP contribution < -0.4 is 10.6 Å². The number of nitriles is 1. The normalized spacial score (nSPS) is 9.90. The molecule has 0 aliphatic heterocycles. The Morgan fingerprint density at radius 1 is 1.20 bits per heavy atom. The number of nitrogens with zero attached hydrogens (tertiary/aromatic N) is 4. The van der Waals surface area contributed by atoms with Crippen LogP contribution in [0.25, 0.3) is 0 Å². The highest BCUT2D eigenvalue weighted by Gasteiger charge is 2.08. The minimum atomic E-state index is 0.0546. The third kappa shape index (κ3) is 3.47. The van der Waals surface area contributed by atoms with Crippen LogP contribution in [-0.4, -0.2) is 21.5 Å². The first-order chi connectivity index (χ1) is 9.62. The molecule has 2 rings (SSSR count). The van der Waals surface area contributed by atoms with Gasteiger partial charge in [-0.15, -0.1) is 0 Å². The molecule has 20 heavy (non-hydrogen) atoms. The number of rotatable bonds is 4. The highest BCUT2D eigenvalue weighted by Crippen LogP contribution is 2.23. The largest absolute Gasteiger partial charge is 0.354 e. The van der Waals surface area contributed by atoms with Gasteiger partial charge < -0.3 is 10.6 Å². The molecule has 1 aromatic carbocycles. The predicted octanol–water partition coefficient (Wildman–Crippen LogP) is 3.23. The van der Waals surface area contributed by atoms with E-state index in [1.807, 2.05) is 6.92 Å². The molecule has 0 aliphatic rings. The van der Waals surface area contributed by atoms with E-state index in [9.17, 15) is 0 Å². The van der Waals surface area contributed by atoms with Crippen molar-refractivity contribution in [3.05, 3.63) is 34.1 Å². The van der Waals surface area contributed by atoms with Crippen molar-refractivity contribution < 1.29 is 0 Å². The van der Waals surface area contributed by atoms with Crippen molar-refractivity contribution in [2.75, 3.05) is 17.2 Å². The average Bonchev–Trinajstić information content (AvgIpc) is 2.38. The molecule has 0 amide bonds. The van der Waals surface area contributed by atoms with Gasteiger partial charge in [-0.2, -0.15) is 20.2 Å². The van der Waals surface area contributed by atoms with Crippen LogP contribution in [0.3, 0.4) is 0 Å². The lowest BCUT2D eigenvalue weighted by Gasteiger charge is -2.08. The smallest absolute Gasteiger partial charge is 0.233 e. The van der Waals surface area contributed by atoms with E-state index < -0.39 is 0 Å². The summed E-state index contributed by atoms with van der Waals surface area (Å²) in [5.41, 5.74) is 0.931. The summed E-state index contributed by atoms with van der Waals surface area (Å²) in [6, 6.07) is 6.92. The van der Waals surface area contributed by atoms with Gasteiger partial charge >= 0.3 is 0 Å². The third-order valence-electron chi connectivity index (χ3n) is 2.29. The van der Waals surface area contributed by atoms with Crippen LogP contribution in [0.1, 0.15) is 12.5 Å². The molecule has 6 nitrogen and oxygen atoms in total. The second-order valence-corrected chi connectivity index (χ2v) is 4.48. The summed E-state index contributed by atoms with van der Waals surface area (Å²) in [6.45, 7) is 2.57. The van der Waals surface area contributed by atoms with Crippen LogP contribution in [0.2, 0.25) is 10.3 Å². The fraction of sp³-hybridized carbons (Fsp3) is 0.167. The number of hydrogen-bond donors (Lipinski definition) is 2. The van der Waals surface area contributed by atoms with Gasteiger partial charge in [0.25, 0.3) is 0 Å².